The topological polar surface area (TPSA) is 67.0 Å². The number of halogens is 2. The zero-order valence-electron chi connectivity index (χ0n) is 15.3. The third-order valence-electron chi connectivity index (χ3n) is 4.38. The van der Waals surface area contributed by atoms with E-state index >= 15 is 0 Å². The van der Waals surface area contributed by atoms with Crippen LogP contribution in [-0.2, 0) is 13.2 Å². The van der Waals surface area contributed by atoms with E-state index in [-0.39, 0.29) is 5.56 Å². The highest BCUT2D eigenvalue weighted by Gasteiger charge is 2.04. The van der Waals surface area contributed by atoms with Gasteiger partial charge in [0.05, 0.1) is 0 Å². The highest BCUT2D eigenvalue weighted by atomic mass is 19.2. The van der Waals surface area contributed by atoms with E-state index in [4.69, 9.17) is 4.74 Å². The fraction of sp³-hybridized carbons (Fsp3) is 0.0909. The Bertz CT molecular complexity index is 1210. The predicted octanol–water partition coefficient (Wildman–Crippen LogP) is 4.39. The molecule has 0 unspecified atom stereocenters. The fourth-order valence-electron chi connectivity index (χ4n) is 2.85. The van der Waals surface area contributed by atoms with Crippen LogP contribution in [0.5, 0.6) is 5.75 Å². The van der Waals surface area contributed by atoms with E-state index in [9.17, 15) is 13.6 Å². The van der Waals surface area contributed by atoms with Crippen LogP contribution in [0, 0.1) is 11.6 Å². The van der Waals surface area contributed by atoms with Crippen molar-refractivity contribution in [2.45, 2.75) is 13.2 Å². The molecule has 0 amide bonds. The first-order valence-electron chi connectivity index (χ1n) is 8.95. The molecule has 0 saturated carbocycles. The van der Waals surface area contributed by atoms with Gasteiger partial charge in [-0.15, -0.1) is 0 Å². The van der Waals surface area contributed by atoms with Crippen LogP contribution in [0.4, 0.5) is 14.6 Å². The van der Waals surface area contributed by atoms with Gasteiger partial charge < -0.3 is 15.0 Å². The molecule has 2 N–H and O–H groups in total. The van der Waals surface area contributed by atoms with Crippen molar-refractivity contribution < 1.29 is 13.5 Å². The van der Waals surface area contributed by atoms with E-state index in [0.29, 0.717) is 30.3 Å². The molecule has 0 aliphatic carbocycles. The van der Waals surface area contributed by atoms with Crippen molar-refractivity contribution >= 4 is 16.7 Å². The van der Waals surface area contributed by atoms with Gasteiger partial charge in [0.1, 0.15) is 18.2 Å². The van der Waals surface area contributed by atoms with Crippen molar-refractivity contribution in [2.75, 3.05) is 5.32 Å². The summed E-state index contributed by atoms with van der Waals surface area (Å²) < 4.78 is 32.0. The number of H-pyrrole nitrogens is 1. The van der Waals surface area contributed by atoms with Crippen molar-refractivity contribution in [2.24, 2.45) is 0 Å². The second-order valence-electron chi connectivity index (χ2n) is 6.51. The summed E-state index contributed by atoms with van der Waals surface area (Å²) in [5.41, 5.74) is 2.11. The van der Waals surface area contributed by atoms with E-state index in [1.165, 1.54) is 12.1 Å². The highest BCUT2D eigenvalue weighted by Crippen LogP contribution is 2.19. The van der Waals surface area contributed by atoms with Gasteiger partial charge in [-0.2, -0.15) is 0 Å². The molecule has 5 nitrogen and oxygen atoms in total. The maximum absolute atomic E-state index is 13.2. The molecule has 2 heterocycles. The summed E-state index contributed by atoms with van der Waals surface area (Å²) in [7, 11) is 0. The second-order valence-corrected chi connectivity index (χ2v) is 6.51. The van der Waals surface area contributed by atoms with Crippen LogP contribution in [0.2, 0.25) is 0 Å². The van der Waals surface area contributed by atoms with Gasteiger partial charge in [-0.05, 0) is 48.0 Å². The van der Waals surface area contributed by atoms with Crippen LogP contribution in [0.25, 0.3) is 10.9 Å². The van der Waals surface area contributed by atoms with Gasteiger partial charge in [-0.1, -0.05) is 12.1 Å². The summed E-state index contributed by atoms with van der Waals surface area (Å²) in [5.74, 6) is -0.432. The third-order valence-corrected chi connectivity index (χ3v) is 4.38. The van der Waals surface area contributed by atoms with Crippen molar-refractivity contribution in [3.05, 3.63) is 100.0 Å². The molecular formula is C22H17F2N3O2. The van der Waals surface area contributed by atoms with Crippen LogP contribution in [0.15, 0.2) is 71.7 Å². The standard InChI is InChI=1S/C22H17F2N3O2/c23-18-5-1-14(9-19(18)24)11-25-21-7-2-15(12-26-21)13-29-17-4-6-20-16(10-17)3-8-22(28)27-20/h1-10,12H,11,13H2,(H,25,26)(H,27,28). The van der Waals surface area contributed by atoms with Crippen LogP contribution in [0.3, 0.4) is 0 Å². The molecule has 7 heteroatoms. The number of aromatic nitrogens is 2. The lowest BCUT2D eigenvalue weighted by molar-refractivity contribution is 0.306. The number of nitrogens with zero attached hydrogens (tertiary/aromatic N) is 1. The summed E-state index contributed by atoms with van der Waals surface area (Å²) in [6.45, 7) is 0.671. The zero-order valence-corrected chi connectivity index (χ0v) is 15.3. The van der Waals surface area contributed by atoms with Gasteiger partial charge in [0.2, 0.25) is 5.56 Å². The molecule has 0 aliphatic rings. The third kappa shape index (κ3) is 4.57. The van der Waals surface area contributed by atoms with Crippen LogP contribution in [0.1, 0.15) is 11.1 Å². The first kappa shape index (κ1) is 18.6. The average Bonchev–Trinajstić information content (AvgIpc) is 2.74. The van der Waals surface area contributed by atoms with Crippen molar-refractivity contribution in [1.82, 2.24) is 9.97 Å². The molecule has 0 bridgehead atoms. The number of benzene rings is 2. The number of nitrogens with one attached hydrogen (secondary N) is 2. The van der Waals surface area contributed by atoms with Gasteiger partial charge in [0.15, 0.2) is 11.6 Å². The second kappa shape index (κ2) is 8.10. The summed E-state index contributed by atoms with van der Waals surface area (Å²) in [6, 6.07) is 16.1. The summed E-state index contributed by atoms with van der Waals surface area (Å²) in [5, 5.41) is 3.95. The molecule has 4 rings (SSSR count). The van der Waals surface area contributed by atoms with Gasteiger partial charge in [0.25, 0.3) is 0 Å². The molecule has 0 atom stereocenters. The lowest BCUT2D eigenvalue weighted by Crippen LogP contribution is -2.03. The maximum atomic E-state index is 13.2. The Morgan fingerprint density at radius 3 is 2.59 bits per heavy atom. The molecule has 4 aromatic rings. The van der Waals surface area contributed by atoms with Crippen LogP contribution in [-0.4, -0.2) is 9.97 Å². The smallest absolute Gasteiger partial charge is 0.248 e. The minimum atomic E-state index is -0.871. The molecule has 0 radical (unpaired) electrons. The minimum Gasteiger partial charge on any atom is -0.489 e. The molecule has 29 heavy (non-hydrogen) atoms. The first-order valence-corrected chi connectivity index (χ1v) is 8.95. The number of rotatable bonds is 6. The van der Waals surface area contributed by atoms with E-state index in [1.807, 2.05) is 12.1 Å². The monoisotopic (exact) mass is 393 g/mol. The molecule has 2 aromatic carbocycles. The SMILES string of the molecule is O=c1ccc2cc(OCc3ccc(NCc4ccc(F)c(F)c4)nc3)ccc2[nH]1. The van der Waals surface area contributed by atoms with Gasteiger partial charge in [-0.3, -0.25) is 4.79 Å². The molecule has 146 valence electrons. The van der Waals surface area contributed by atoms with E-state index in [2.05, 4.69) is 15.3 Å². The quantitative estimate of drug-likeness (QED) is 0.510. The Balaban J connectivity index is 1.35. The van der Waals surface area contributed by atoms with Crippen LogP contribution < -0.4 is 15.6 Å². The molecule has 0 fully saturated rings. The van der Waals surface area contributed by atoms with Crippen molar-refractivity contribution in [3.63, 3.8) is 0 Å². The minimum absolute atomic E-state index is 0.143. The number of aromatic amines is 1. The Labute approximate surface area is 165 Å². The Kier molecular flexibility index (Phi) is 5.20. The van der Waals surface area contributed by atoms with E-state index in [1.54, 1.807) is 30.5 Å². The lowest BCUT2D eigenvalue weighted by Gasteiger charge is -2.09. The van der Waals surface area contributed by atoms with Crippen LogP contribution >= 0.6 is 0 Å². The number of pyridine rings is 2. The van der Waals surface area contributed by atoms with Crippen molar-refractivity contribution in [3.8, 4) is 5.75 Å². The molecule has 0 aliphatic heterocycles. The predicted molar refractivity (Wildman–Crippen MR) is 107 cm³/mol. The first-order chi connectivity index (χ1) is 14.1. The average molecular weight is 393 g/mol. The number of hydrogen-bond acceptors (Lipinski definition) is 4. The lowest BCUT2D eigenvalue weighted by atomic mass is 10.2. The Morgan fingerprint density at radius 2 is 1.79 bits per heavy atom. The Hall–Kier alpha value is -3.74. The van der Waals surface area contributed by atoms with Gasteiger partial charge in [0, 0.05) is 35.3 Å². The van der Waals surface area contributed by atoms with Gasteiger partial charge in [-0.25, -0.2) is 13.8 Å². The fourth-order valence-corrected chi connectivity index (χ4v) is 2.85. The molecular weight excluding hydrogens is 376 g/mol. The largest absolute Gasteiger partial charge is 0.489 e. The normalized spacial score (nSPS) is 10.8. The highest BCUT2D eigenvalue weighted by molar-refractivity contribution is 5.79. The van der Waals surface area contributed by atoms with E-state index < -0.39 is 11.6 Å². The van der Waals surface area contributed by atoms with Crippen molar-refractivity contribution in [1.29, 1.82) is 0 Å². The zero-order chi connectivity index (χ0) is 20.2. The maximum Gasteiger partial charge on any atom is 0.248 e. The number of hydrogen-bond donors (Lipinski definition) is 2. The number of fused-ring (bicyclic) bond motifs is 1. The summed E-state index contributed by atoms with van der Waals surface area (Å²) in [6.07, 6.45) is 1.69. The summed E-state index contributed by atoms with van der Waals surface area (Å²) in [4.78, 5) is 18.4. The van der Waals surface area contributed by atoms with E-state index in [0.717, 1.165) is 28.6 Å². The molecule has 0 spiro atoms. The summed E-state index contributed by atoms with van der Waals surface area (Å²) >= 11 is 0. The molecule has 2 aromatic heterocycles. The van der Waals surface area contributed by atoms with Gasteiger partial charge >= 0.3 is 0 Å². The number of ether oxygens (including phenoxy) is 1. The molecule has 0 saturated heterocycles. The number of anilines is 1. The Morgan fingerprint density at radius 1 is 0.931 bits per heavy atom.